The molecule has 3 aromatic carbocycles. The van der Waals surface area contributed by atoms with E-state index < -0.39 is 26.0 Å². The number of aromatic nitrogens is 2. The van der Waals surface area contributed by atoms with Crippen LogP contribution in [-0.2, 0) is 25.3 Å². The molecule has 2 atom stereocenters. The highest BCUT2D eigenvalue weighted by molar-refractivity contribution is 9.10. The predicted molar refractivity (Wildman–Crippen MR) is 148 cm³/mol. The van der Waals surface area contributed by atoms with Crippen LogP contribution in [0.4, 0.5) is 5.69 Å². The van der Waals surface area contributed by atoms with Gasteiger partial charge in [0, 0.05) is 7.05 Å². The van der Waals surface area contributed by atoms with Crippen LogP contribution in [0.25, 0.3) is 5.69 Å². The Morgan fingerprint density at radius 1 is 0.676 bits per heavy atom. The fraction of sp³-hybridized carbons (Fsp3) is 0.207. The van der Waals surface area contributed by atoms with Gasteiger partial charge in [0.2, 0.25) is 11.8 Å². The molecule has 0 saturated carbocycles. The summed E-state index contributed by atoms with van der Waals surface area (Å²) in [5.41, 5.74) is 4.75. The molecule has 2 unspecified atom stereocenters. The van der Waals surface area contributed by atoms with E-state index in [1.807, 2.05) is 78.9 Å². The Morgan fingerprint density at radius 3 is 1.51 bits per heavy atom. The first-order valence-corrected chi connectivity index (χ1v) is 13.6. The van der Waals surface area contributed by atoms with Crippen molar-refractivity contribution in [2.45, 2.75) is 15.6 Å². The molecular weight excluding hydrogens is 598 g/mol. The molecule has 37 heavy (non-hydrogen) atoms. The minimum Gasteiger partial charge on any atom is -0.283 e. The summed E-state index contributed by atoms with van der Waals surface area (Å²) in [6.45, 7) is 1.77. The lowest BCUT2D eigenvalue weighted by Crippen LogP contribution is -2.56. The number of benzene rings is 3. The molecule has 2 bridgehead atoms. The van der Waals surface area contributed by atoms with Crippen molar-refractivity contribution in [3.8, 4) is 5.69 Å². The molecule has 0 N–H and O–H groups in total. The summed E-state index contributed by atoms with van der Waals surface area (Å²) in [4.78, 5) is 43.7. The molecule has 6 nitrogen and oxygen atoms in total. The van der Waals surface area contributed by atoms with E-state index in [9.17, 15) is 14.4 Å². The molecule has 4 aliphatic rings. The van der Waals surface area contributed by atoms with E-state index in [1.54, 1.807) is 18.7 Å². The summed E-state index contributed by atoms with van der Waals surface area (Å²) in [5, 5.41) is 0. The van der Waals surface area contributed by atoms with Crippen molar-refractivity contribution in [1.82, 2.24) is 9.36 Å². The summed E-state index contributed by atoms with van der Waals surface area (Å²) in [5.74, 6) is -2.20. The fourth-order valence-corrected chi connectivity index (χ4v) is 9.00. The molecule has 4 aromatic rings. The number of alkyl halides is 2. The zero-order valence-electron chi connectivity index (χ0n) is 20.0. The summed E-state index contributed by atoms with van der Waals surface area (Å²) in [6.07, 6.45) is 0. The Hall–Kier alpha value is -3.23. The molecule has 8 heteroatoms. The molecule has 1 aromatic heterocycles. The van der Waals surface area contributed by atoms with Gasteiger partial charge in [-0.15, -0.1) is 0 Å². The SMILES string of the molecule is Cc1c(N2C(=O)C3C(C2=O)C2(Br)c4ccccc4C3(Br)c3ccccc32)c(=O)n(-c2ccccc2)n1C. The van der Waals surface area contributed by atoms with Gasteiger partial charge in [-0.2, -0.15) is 0 Å². The van der Waals surface area contributed by atoms with Gasteiger partial charge in [-0.25, -0.2) is 9.58 Å². The average Bonchev–Trinajstić information content (AvgIpc) is 3.31. The third-order valence-corrected chi connectivity index (χ3v) is 11.0. The highest BCUT2D eigenvalue weighted by Crippen LogP contribution is 2.70. The van der Waals surface area contributed by atoms with Crippen LogP contribution in [-0.4, -0.2) is 21.2 Å². The van der Waals surface area contributed by atoms with E-state index in [-0.39, 0.29) is 17.5 Å². The van der Waals surface area contributed by atoms with E-state index in [1.165, 1.54) is 4.68 Å². The lowest BCUT2D eigenvalue weighted by molar-refractivity contribution is -0.122. The highest BCUT2D eigenvalue weighted by atomic mass is 79.9. The molecule has 0 spiro atoms. The van der Waals surface area contributed by atoms with Crippen LogP contribution in [0.2, 0.25) is 0 Å². The molecule has 1 fully saturated rings. The van der Waals surface area contributed by atoms with Crippen LogP contribution in [0, 0.1) is 18.8 Å². The van der Waals surface area contributed by atoms with Gasteiger partial charge in [0.05, 0.1) is 31.9 Å². The number of rotatable bonds is 2. The van der Waals surface area contributed by atoms with Crippen LogP contribution < -0.4 is 10.5 Å². The van der Waals surface area contributed by atoms with Crippen molar-refractivity contribution in [3.63, 3.8) is 0 Å². The van der Waals surface area contributed by atoms with Gasteiger partial charge >= 0.3 is 0 Å². The summed E-state index contributed by atoms with van der Waals surface area (Å²) < 4.78 is 1.40. The molecule has 1 aliphatic heterocycles. The van der Waals surface area contributed by atoms with Crippen LogP contribution in [0.5, 0.6) is 0 Å². The van der Waals surface area contributed by atoms with E-state index in [4.69, 9.17) is 0 Å². The Labute approximate surface area is 229 Å². The first kappa shape index (κ1) is 22.9. The van der Waals surface area contributed by atoms with Gasteiger partial charge in [0.25, 0.3) is 5.56 Å². The normalized spacial score (nSPS) is 27.3. The number of hydrogen-bond donors (Lipinski definition) is 0. The van der Waals surface area contributed by atoms with Crippen molar-refractivity contribution in [2.24, 2.45) is 18.9 Å². The molecule has 184 valence electrons. The van der Waals surface area contributed by atoms with Crippen LogP contribution in [0.1, 0.15) is 27.9 Å². The maximum Gasteiger partial charge on any atom is 0.296 e. The average molecular weight is 619 g/mol. The second-order valence-corrected chi connectivity index (χ2v) is 12.4. The summed E-state index contributed by atoms with van der Waals surface area (Å²) in [6, 6.07) is 25.1. The Morgan fingerprint density at radius 2 is 1.08 bits per heavy atom. The number of para-hydroxylation sites is 1. The second-order valence-electron chi connectivity index (χ2n) is 9.89. The van der Waals surface area contributed by atoms with Gasteiger partial charge in [-0.3, -0.25) is 19.1 Å². The van der Waals surface area contributed by atoms with Crippen molar-refractivity contribution in [3.05, 3.63) is 117 Å². The van der Waals surface area contributed by atoms with Crippen LogP contribution in [0.15, 0.2) is 83.7 Å². The Bertz CT molecular complexity index is 1600. The lowest BCUT2D eigenvalue weighted by Gasteiger charge is -2.55. The van der Waals surface area contributed by atoms with Gasteiger partial charge in [-0.1, -0.05) is 98.6 Å². The third-order valence-electron chi connectivity index (χ3n) is 8.33. The zero-order chi connectivity index (χ0) is 25.9. The van der Waals surface area contributed by atoms with Crippen molar-refractivity contribution < 1.29 is 9.59 Å². The van der Waals surface area contributed by atoms with Gasteiger partial charge in [-0.05, 0) is 41.3 Å². The molecule has 3 aliphatic carbocycles. The number of anilines is 1. The van der Waals surface area contributed by atoms with Crippen molar-refractivity contribution >= 4 is 49.4 Å². The third kappa shape index (κ3) is 2.53. The molecular formula is C29H21Br2N3O3. The number of imide groups is 1. The van der Waals surface area contributed by atoms with Gasteiger partial charge < -0.3 is 0 Å². The van der Waals surface area contributed by atoms with Crippen molar-refractivity contribution in [2.75, 3.05) is 4.90 Å². The molecule has 2 heterocycles. The first-order chi connectivity index (χ1) is 17.7. The number of carbonyl (C=O) groups excluding carboxylic acids is 2. The number of hydrogen-bond acceptors (Lipinski definition) is 3. The number of nitrogens with zero attached hydrogens (tertiary/aromatic N) is 3. The summed E-state index contributed by atoms with van der Waals surface area (Å²) in [7, 11) is 1.76. The fourth-order valence-electron chi connectivity index (χ4n) is 6.70. The van der Waals surface area contributed by atoms with Crippen molar-refractivity contribution in [1.29, 1.82) is 0 Å². The van der Waals surface area contributed by atoms with E-state index in [2.05, 4.69) is 31.9 Å². The van der Waals surface area contributed by atoms with E-state index in [0.29, 0.717) is 11.4 Å². The Kier molecular flexibility index (Phi) is 4.60. The van der Waals surface area contributed by atoms with Gasteiger partial charge in [0.15, 0.2) is 0 Å². The lowest BCUT2D eigenvalue weighted by atomic mass is 9.54. The Balaban J connectivity index is 1.49. The second kappa shape index (κ2) is 7.42. The number of amides is 2. The smallest absolute Gasteiger partial charge is 0.283 e. The van der Waals surface area contributed by atoms with Gasteiger partial charge in [0.1, 0.15) is 5.69 Å². The molecule has 2 amide bonds. The zero-order valence-corrected chi connectivity index (χ0v) is 23.2. The largest absolute Gasteiger partial charge is 0.296 e. The molecule has 0 radical (unpaired) electrons. The molecule has 8 rings (SSSR count). The number of halogens is 2. The highest BCUT2D eigenvalue weighted by Gasteiger charge is 2.73. The maximum absolute atomic E-state index is 14.4. The topological polar surface area (TPSA) is 64.3 Å². The molecule has 1 saturated heterocycles. The first-order valence-electron chi connectivity index (χ1n) is 12.0. The monoisotopic (exact) mass is 617 g/mol. The number of carbonyl (C=O) groups is 2. The minimum absolute atomic E-state index is 0.107. The van der Waals surface area contributed by atoms with E-state index in [0.717, 1.165) is 27.2 Å². The van der Waals surface area contributed by atoms with Crippen LogP contribution >= 0.6 is 31.9 Å². The standard InChI is InChI=1S/C29H21Br2N3O3/c1-16-24(27(37)34(32(16)2)17-10-4-3-5-11-17)33-25(35)22-23(26(33)36)29(31)19-13-7-6-12-18(19)28(22,30)20-14-8-9-15-21(20)29/h3-15,22-23H,1-2H3. The van der Waals surface area contributed by atoms with Crippen LogP contribution in [0.3, 0.4) is 0 Å². The summed E-state index contributed by atoms with van der Waals surface area (Å²) >= 11 is 8.03. The van der Waals surface area contributed by atoms with E-state index >= 15 is 0 Å². The quantitative estimate of drug-likeness (QED) is 0.237. The predicted octanol–water partition coefficient (Wildman–Crippen LogP) is 4.89. The minimum atomic E-state index is -0.900. The maximum atomic E-state index is 14.4.